The second-order valence-electron chi connectivity index (χ2n) is 6.24. The molecule has 0 radical (unpaired) electrons. The van der Waals surface area contributed by atoms with Crippen molar-refractivity contribution in [3.8, 4) is 11.5 Å². The van der Waals surface area contributed by atoms with E-state index in [4.69, 9.17) is 16.3 Å². The summed E-state index contributed by atoms with van der Waals surface area (Å²) in [5, 5.41) is 10.1. The molecule has 0 heterocycles. The van der Waals surface area contributed by atoms with Gasteiger partial charge in [0.2, 0.25) is 0 Å². The van der Waals surface area contributed by atoms with E-state index in [0.717, 1.165) is 5.75 Å². The fourth-order valence-corrected chi connectivity index (χ4v) is 2.40. The summed E-state index contributed by atoms with van der Waals surface area (Å²) in [6.45, 7) is 8.22. The maximum Gasteiger partial charge on any atom is 0.128 e. The number of ether oxygens (including phenoxy) is 1. The summed E-state index contributed by atoms with van der Waals surface area (Å²) in [5.74, 6) is 1.43. The molecular formula is C18H21ClO2. The van der Waals surface area contributed by atoms with E-state index < -0.39 is 6.10 Å². The van der Waals surface area contributed by atoms with Crippen LogP contribution in [-0.4, -0.2) is 5.11 Å². The van der Waals surface area contributed by atoms with Crippen LogP contribution in [-0.2, 0) is 5.41 Å². The molecule has 0 saturated carbocycles. The maximum atomic E-state index is 9.57. The molecule has 2 nitrogen and oxygen atoms in total. The lowest BCUT2D eigenvalue weighted by Gasteiger charge is -2.19. The van der Waals surface area contributed by atoms with Gasteiger partial charge in [0.05, 0.1) is 11.1 Å². The van der Waals surface area contributed by atoms with Crippen LogP contribution in [0.1, 0.15) is 44.9 Å². The minimum absolute atomic E-state index is 0.126. The Labute approximate surface area is 131 Å². The molecule has 2 rings (SSSR count). The third-order valence-electron chi connectivity index (χ3n) is 3.38. The van der Waals surface area contributed by atoms with Crippen LogP contribution in [0.15, 0.2) is 42.5 Å². The summed E-state index contributed by atoms with van der Waals surface area (Å²) in [5.41, 5.74) is 2.09. The minimum atomic E-state index is -0.586. The van der Waals surface area contributed by atoms with Crippen LogP contribution in [0.25, 0.3) is 0 Å². The molecule has 21 heavy (non-hydrogen) atoms. The molecule has 0 fully saturated rings. The molecule has 0 aliphatic carbocycles. The monoisotopic (exact) mass is 304 g/mol. The number of halogens is 1. The molecule has 1 atom stereocenters. The molecule has 0 bridgehead atoms. The summed E-state index contributed by atoms with van der Waals surface area (Å²) in [7, 11) is 0. The first-order valence-electron chi connectivity index (χ1n) is 7.03. The molecule has 0 aromatic heterocycles. The van der Waals surface area contributed by atoms with E-state index >= 15 is 0 Å². The number of rotatable bonds is 3. The average molecular weight is 305 g/mol. The highest BCUT2D eigenvalue weighted by molar-refractivity contribution is 6.31. The van der Waals surface area contributed by atoms with Crippen molar-refractivity contribution in [1.82, 2.24) is 0 Å². The summed E-state index contributed by atoms with van der Waals surface area (Å²) in [6, 6.07) is 13.4. The molecule has 2 aromatic carbocycles. The van der Waals surface area contributed by atoms with Gasteiger partial charge in [-0.1, -0.05) is 50.6 Å². The van der Waals surface area contributed by atoms with Crippen molar-refractivity contribution in [2.75, 3.05) is 0 Å². The van der Waals surface area contributed by atoms with E-state index in [0.29, 0.717) is 16.3 Å². The molecular weight excluding hydrogens is 284 g/mol. The Morgan fingerprint density at radius 2 is 1.57 bits per heavy atom. The second-order valence-corrected chi connectivity index (χ2v) is 6.64. The van der Waals surface area contributed by atoms with Gasteiger partial charge in [-0.3, -0.25) is 0 Å². The largest absolute Gasteiger partial charge is 0.457 e. The Morgan fingerprint density at radius 1 is 1.00 bits per heavy atom. The van der Waals surface area contributed by atoms with Gasteiger partial charge < -0.3 is 9.84 Å². The highest BCUT2D eigenvalue weighted by Crippen LogP contribution is 2.31. The van der Waals surface area contributed by atoms with Crippen molar-refractivity contribution in [2.45, 2.75) is 39.2 Å². The Kier molecular flexibility index (Phi) is 4.60. The molecule has 3 heteroatoms. The van der Waals surface area contributed by atoms with Crippen molar-refractivity contribution >= 4 is 11.6 Å². The second kappa shape index (κ2) is 6.08. The van der Waals surface area contributed by atoms with Crippen LogP contribution in [0.2, 0.25) is 5.02 Å². The van der Waals surface area contributed by atoms with Crippen molar-refractivity contribution in [3.63, 3.8) is 0 Å². The Morgan fingerprint density at radius 3 is 2.05 bits per heavy atom. The summed E-state index contributed by atoms with van der Waals surface area (Å²) >= 11 is 6.14. The fourth-order valence-electron chi connectivity index (χ4n) is 2.07. The highest BCUT2D eigenvalue weighted by atomic mass is 35.5. The number of hydrogen-bond donors (Lipinski definition) is 1. The lowest BCUT2D eigenvalue weighted by atomic mass is 9.87. The predicted octanol–water partition coefficient (Wildman–Crippen LogP) is 5.48. The molecule has 2 aromatic rings. The van der Waals surface area contributed by atoms with Gasteiger partial charge in [-0.2, -0.15) is 0 Å². The number of benzene rings is 2. The summed E-state index contributed by atoms with van der Waals surface area (Å²) in [6.07, 6.45) is -0.586. The van der Waals surface area contributed by atoms with Crippen LogP contribution in [0.4, 0.5) is 0 Å². The first kappa shape index (κ1) is 15.9. The van der Waals surface area contributed by atoms with Crippen molar-refractivity contribution in [2.24, 2.45) is 0 Å². The standard InChI is InChI=1S/C18H21ClO2/c1-12(20)16-10-9-15(11-17(16)19)21-14-7-5-13(6-8-14)18(2,3)4/h5-12,20H,1-4H3. The van der Waals surface area contributed by atoms with Crippen LogP contribution >= 0.6 is 11.6 Å². The molecule has 1 N–H and O–H groups in total. The zero-order chi connectivity index (χ0) is 15.6. The van der Waals surface area contributed by atoms with Crippen LogP contribution in [0, 0.1) is 0 Å². The first-order chi connectivity index (χ1) is 9.77. The molecule has 0 spiro atoms. The van der Waals surface area contributed by atoms with Crippen molar-refractivity contribution in [3.05, 3.63) is 58.6 Å². The van der Waals surface area contributed by atoms with Crippen molar-refractivity contribution in [1.29, 1.82) is 0 Å². The highest BCUT2D eigenvalue weighted by Gasteiger charge is 2.13. The quantitative estimate of drug-likeness (QED) is 0.813. The number of hydrogen-bond acceptors (Lipinski definition) is 2. The minimum Gasteiger partial charge on any atom is -0.457 e. The average Bonchev–Trinajstić information content (AvgIpc) is 2.38. The topological polar surface area (TPSA) is 29.5 Å². The van der Waals surface area contributed by atoms with Crippen LogP contribution in [0.5, 0.6) is 11.5 Å². The lowest BCUT2D eigenvalue weighted by molar-refractivity contribution is 0.199. The van der Waals surface area contributed by atoms with Gasteiger partial charge in [-0.05, 0) is 47.7 Å². The molecule has 0 amide bonds. The van der Waals surface area contributed by atoms with Gasteiger partial charge in [0, 0.05) is 0 Å². The SMILES string of the molecule is CC(O)c1ccc(Oc2ccc(C(C)(C)C)cc2)cc1Cl. The lowest BCUT2D eigenvalue weighted by Crippen LogP contribution is -2.10. The Balaban J connectivity index is 2.17. The number of aliphatic hydroxyl groups is 1. The fraction of sp³-hybridized carbons (Fsp3) is 0.333. The van der Waals surface area contributed by atoms with Gasteiger partial charge in [0.25, 0.3) is 0 Å². The van der Waals surface area contributed by atoms with Gasteiger partial charge in [0.15, 0.2) is 0 Å². The maximum absolute atomic E-state index is 9.57. The Bertz CT molecular complexity index is 610. The smallest absolute Gasteiger partial charge is 0.128 e. The predicted molar refractivity (Wildman–Crippen MR) is 87.3 cm³/mol. The van der Waals surface area contributed by atoms with Gasteiger partial charge in [-0.25, -0.2) is 0 Å². The van der Waals surface area contributed by atoms with Crippen LogP contribution in [0.3, 0.4) is 0 Å². The van der Waals surface area contributed by atoms with Crippen molar-refractivity contribution < 1.29 is 9.84 Å². The summed E-state index contributed by atoms with van der Waals surface area (Å²) in [4.78, 5) is 0. The van der Waals surface area contributed by atoms with Gasteiger partial charge in [0.1, 0.15) is 11.5 Å². The number of aliphatic hydroxyl groups excluding tert-OH is 1. The van der Waals surface area contributed by atoms with Gasteiger partial charge >= 0.3 is 0 Å². The third kappa shape index (κ3) is 3.99. The molecule has 1 unspecified atom stereocenters. The van der Waals surface area contributed by atoms with E-state index in [9.17, 15) is 5.11 Å². The van der Waals surface area contributed by atoms with E-state index in [2.05, 4.69) is 32.9 Å². The first-order valence-corrected chi connectivity index (χ1v) is 7.41. The summed E-state index contributed by atoms with van der Waals surface area (Å²) < 4.78 is 5.80. The van der Waals surface area contributed by atoms with E-state index in [1.807, 2.05) is 18.2 Å². The van der Waals surface area contributed by atoms with E-state index in [1.54, 1.807) is 19.1 Å². The Hall–Kier alpha value is -1.51. The zero-order valence-corrected chi connectivity index (χ0v) is 13.6. The van der Waals surface area contributed by atoms with E-state index in [1.165, 1.54) is 5.56 Å². The third-order valence-corrected chi connectivity index (χ3v) is 3.71. The van der Waals surface area contributed by atoms with Crippen LogP contribution < -0.4 is 4.74 Å². The molecule has 0 aliphatic rings. The molecule has 112 valence electrons. The normalized spacial score (nSPS) is 13.0. The zero-order valence-electron chi connectivity index (χ0n) is 12.9. The molecule has 0 saturated heterocycles. The van der Waals surface area contributed by atoms with E-state index in [-0.39, 0.29) is 5.41 Å². The van der Waals surface area contributed by atoms with Gasteiger partial charge in [-0.15, -0.1) is 0 Å². The molecule has 0 aliphatic heterocycles.